The molecule has 1 aromatic rings. The summed E-state index contributed by atoms with van der Waals surface area (Å²) in [7, 11) is 0. The Kier molecular flexibility index (Phi) is 4.14. The third kappa shape index (κ3) is 2.57. The Hall–Kier alpha value is -1.37. The fourth-order valence-electron chi connectivity index (χ4n) is 4.36. The number of ether oxygens (including phenoxy) is 1. The molecule has 3 aliphatic rings. The predicted molar refractivity (Wildman–Crippen MR) is 89.7 cm³/mol. The lowest BCUT2D eigenvalue weighted by atomic mass is 9.58. The van der Waals surface area contributed by atoms with E-state index in [1.165, 1.54) is 12.8 Å². The molecule has 1 aliphatic heterocycles. The van der Waals surface area contributed by atoms with Crippen molar-refractivity contribution in [3.63, 3.8) is 0 Å². The number of aliphatic hydroxyl groups excluding tert-OH is 1. The minimum atomic E-state index is -0.312. The van der Waals surface area contributed by atoms with E-state index in [9.17, 15) is 9.90 Å². The van der Waals surface area contributed by atoms with Crippen molar-refractivity contribution < 1.29 is 14.6 Å². The Balaban J connectivity index is 1.40. The van der Waals surface area contributed by atoms with Gasteiger partial charge in [-0.1, -0.05) is 0 Å². The summed E-state index contributed by atoms with van der Waals surface area (Å²) in [6.45, 7) is 2.42. The van der Waals surface area contributed by atoms with Crippen LogP contribution in [0.3, 0.4) is 0 Å². The monoisotopic (exact) mass is 333 g/mol. The topological polar surface area (TPSA) is 80.7 Å². The number of nitrogens with zero attached hydrogens (tertiary/aromatic N) is 2. The molecule has 0 bridgehead atoms. The summed E-state index contributed by atoms with van der Waals surface area (Å²) in [4.78, 5) is 14.8. The molecule has 0 aromatic carbocycles. The maximum Gasteiger partial charge on any atom is 0.270 e. The molecular weight excluding hydrogens is 306 g/mol. The van der Waals surface area contributed by atoms with Gasteiger partial charge in [-0.15, -0.1) is 0 Å². The van der Waals surface area contributed by atoms with Gasteiger partial charge in [0.25, 0.3) is 5.91 Å². The van der Waals surface area contributed by atoms with E-state index in [1.807, 2.05) is 23.2 Å². The van der Waals surface area contributed by atoms with Crippen LogP contribution in [0.25, 0.3) is 0 Å². The van der Waals surface area contributed by atoms with Crippen molar-refractivity contribution in [2.24, 2.45) is 11.1 Å². The summed E-state index contributed by atoms with van der Waals surface area (Å²) in [5.74, 6) is 0.120. The Morgan fingerprint density at radius 2 is 2.12 bits per heavy atom. The van der Waals surface area contributed by atoms with Gasteiger partial charge in [0.05, 0.1) is 18.8 Å². The van der Waals surface area contributed by atoms with Gasteiger partial charge in [0.1, 0.15) is 5.69 Å². The van der Waals surface area contributed by atoms with Crippen LogP contribution >= 0.6 is 0 Å². The Bertz CT molecular complexity index is 602. The van der Waals surface area contributed by atoms with Crippen LogP contribution in [0.15, 0.2) is 18.3 Å². The second kappa shape index (κ2) is 6.17. The molecule has 6 nitrogen and oxygen atoms in total. The highest BCUT2D eigenvalue weighted by atomic mass is 16.5. The van der Waals surface area contributed by atoms with Crippen molar-refractivity contribution in [2.75, 3.05) is 26.2 Å². The number of piperidine rings is 1. The predicted octanol–water partition coefficient (Wildman–Crippen LogP) is 1.15. The minimum Gasteiger partial charge on any atom is -0.392 e. The molecule has 3 N–H and O–H groups in total. The van der Waals surface area contributed by atoms with Crippen molar-refractivity contribution in [2.45, 2.75) is 50.4 Å². The summed E-state index contributed by atoms with van der Waals surface area (Å²) in [6, 6.07) is 4.40. The first kappa shape index (κ1) is 16.1. The average Bonchev–Trinajstić information content (AvgIpc) is 3.34. The summed E-state index contributed by atoms with van der Waals surface area (Å²) >= 11 is 0. The molecule has 2 unspecified atom stereocenters. The van der Waals surface area contributed by atoms with Gasteiger partial charge in [-0.3, -0.25) is 4.79 Å². The van der Waals surface area contributed by atoms with Crippen LogP contribution < -0.4 is 5.73 Å². The Labute approximate surface area is 142 Å². The number of hydrogen-bond donors (Lipinski definition) is 2. The zero-order valence-corrected chi connectivity index (χ0v) is 14.1. The molecule has 2 saturated carbocycles. The van der Waals surface area contributed by atoms with Crippen LogP contribution in [0.1, 0.15) is 48.6 Å². The molecule has 1 aromatic heterocycles. The summed E-state index contributed by atoms with van der Waals surface area (Å²) < 4.78 is 7.95. The summed E-state index contributed by atoms with van der Waals surface area (Å²) in [6.07, 6.45) is 6.44. The molecule has 1 amide bonds. The van der Waals surface area contributed by atoms with Gasteiger partial charge in [0.15, 0.2) is 0 Å². The lowest BCUT2D eigenvalue weighted by molar-refractivity contribution is -0.208. The third-order valence-electron chi connectivity index (χ3n) is 6.10. The van der Waals surface area contributed by atoms with Crippen molar-refractivity contribution >= 4 is 5.91 Å². The van der Waals surface area contributed by atoms with Gasteiger partial charge in [0, 0.05) is 43.7 Å². The highest BCUT2D eigenvalue weighted by Gasteiger charge is 2.56. The maximum atomic E-state index is 12.9. The van der Waals surface area contributed by atoms with Gasteiger partial charge < -0.3 is 25.0 Å². The van der Waals surface area contributed by atoms with Crippen molar-refractivity contribution in [1.29, 1.82) is 0 Å². The van der Waals surface area contributed by atoms with Crippen LogP contribution in [-0.2, 0) is 4.74 Å². The molecule has 1 saturated heterocycles. The van der Waals surface area contributed by atoms with E-state index in [4.69, 9.17) is 10.5 Å². The molecule has 6 heteroatoms. The molecule has 4 rings (SSSR count). The number of carbonyl (C=O) groups excluding carboxylic acids is 1. The largest absolute Gasteiger partial charge is 0.392 e. The molecule has 1 spiro atoms. The molecular formula is C18H27N3O3. The van der Waals surface area contributed by atoms with Gasteiger partial charge >= 0.3 is 0 Å². The highest BCUT2D eigenvalue weighted by Crippen LogP contribution is 2.51. The smallest absolute Gasteiger partial charge is 0.270 e. The number of amides is 1. The van der Waals surface area contributed by atoms with E-state index in [0.717, 1.165) is 18.5 Å². The molecule has 2 aliphatic carbocycles. The third-order valence-corrected chi connectivity index (χ3v) is 6.10. The van der Waals surface area contributed by atoms with Crippen LogP contribution in [0, 0.1) is 5.41 Å². The standard InChI is InChI=1S/C18H27N3O3/c19-7-11-24-16-12-15(22)18(16)5-9-20(10-6-18)17(23)14-2-1-8-21(14)13-3-4-13/h1-2,8,13,15-16,22H,3-7,9-12,19H2. The molecule has 2 heterocycles. The highest BCUT2D eigenvalue weighted by molar-refractivity contribution is 5.93. The zero-order valence-electron chi connectivity index (χ0n) is 14.1. The van der Waals surface area contributed by atoms with E-state index in [0.29, 0.717) is 38.7 Å². The van der Waals surface area contributed by atoms with Gasteiger partial charge in [-0.05, 0) is 37.8 Å². The van der Waals surface area contributed by atoms with Gasteiger partial charge in [-0.25, -0.2) is 0 Å². The van der Waals surface area contributed by atoms with E-state index < -0.39 is 0 Å². The van der Waals surface area contributed by atoms with Gasteiger partial charge in [0.2, 0.25) is 0 Å². The second-order valence-electron chi connectivity index (χ2n) is 7.46. The van der Waals surface area contributed by atoms with E-state index >= 15 is 0 Å². The first-order chi connectivity index (χ1) is 11.7. The molecule has 3 fully saturated rings. The zero-order chi connectivity index (χ0) is 16.7. The Morgan fingerprint density at radius 1 is 1.38 bits per heavy atom. The molecule has 2 atom stereocenters. The molecule has 132 valence electrons. The average molecular weight is 333 g/mol. The fraction of sp³-hybridized carbons (Fsp3) is 0.722. The number of rotatable bonds is 5. The van der Waals surface area contributed by atoms with E-state index in [-0.39, 0.29) is 23.5 Å². The molecule has 0 radical (unpaired) electrons. The Morgan fingerprint density at radius 3 is 2.75 bits per heavy atom. The van der Waals surface area contributed by atoms with Crippen LogP contribution in [-0.4, -0.2) is 58.9 Å². The van der Waals surface area contributed by atoms with Crippen LogP contribution in [0.5, 0.6) is 0 Å². The number of likely N-dealkylation sites (tertiary alicyclic amines) is 1. The SMILES string of the molecule is NCCOC1CC(O)C12CCN(C(=O)c1cccn1C1CC1)CC2. The van der Waals surface area contributed by atoms with Crippen molar-refractivity contribution in [3.05, 3.63) is 24.0 Å². The number of nitrogens with two attached hydrogens (primary N) is 1. The number of aromatic nitrogens is 1. The van der Waals surface area contributed by atoms with Crippen molar-refractivity contribution in [3.8, 4) is 0 Å². The first-order valence-corrected chi connectivity index (χ1v) is 9.11. The maximum absolute atomic E-state index is 12.9. The number of carbonyl (C=O) groups is 1. The fourth-order valence-corrected chi connectivity index (χ4v) is 4.36. The number of hydrogen-bond acceptors (Lipinski definition) is 4. The van der Waals surface area contributed by atoms with Gasteiger partial charge in [-0.2, -0.15) is 0 Å². The summed E-state index contributed by atoms with van der Waals surface area (Å²) in [5, 5.41) is 10.3. The second-order valence-corrected chi connectivity index (χ2v) is 7.46. The molecule has 24 heavy (non-hydrogen) atoms. The van der Waals surface area contributed by atoms with E-state index in [1.54, 1.807) is 0 Å². The lowest BCUT2D eigenvalue weighted by Gasteiger charge is -2.56. The van der Waals surface area contributed by atoms with Crippen molar-refractivity contribution in [1.82, 2.24) is 9.47 Å². The lowest BCUT2D eigenvalue weighted by Crippen LogP contribution is -2.63. The number of aliphatic hydroxyl groups is 1. The first-order valence-electron chi connectivity index (χ1n) is 9.11. The quantitative estimate of drug-likeness (QED) is 0.847. The van der Waals surface area contributed by atoms with Crippen LogP contribution in [0.2, 0.25) is 0 Å². The van der Waals surface area contributed by atoms with Crippen LogP contribution in [0.4, 0.5) is 0 Å². The normalized spacial score (nSPS) is 28.8. The minimum absolute atomic E-state index is 0.0867. The summed E-state index contributed by atoms with van der Waals surface area (Å²) in [5.41, 5.74) is 6.15. The van der Waals surface area contributed by atoms with E-state index in [2.05, 4.69) is 4.57 Å².